The Morgan fingerprint density at radius 2 is 2.24 bits per heavy atom. The molecule has 0 atom stereocenters. The average molecular weight is 286 g/mol. The van der Waals surface area contributed by atoms with Crippen LogP contribution >= 0.6 is 0 Å². The maximum Gasteiger partial charge on any atom is 0.292 e. The topological polar surface area (TPSA) is 134 Å². The van der Waals surface area contributed by atoms with Crippen LogP contribution in [0.15, 0.2) is 24.3 Å². The summed E-state index contributed by atoms with van der Waals surface area (Å²) in [4.78, 5) is 10.4. The average Bonchev–Trinajstić information content (AvgIpc) is 2.84. The minimum absolute atomic E-state index is 0.0426. The van der Waals surface area contributed by atoms with Crippen molar-refractivity contribution < 1.29 is 4.92 Å². The van der Waals surface area contributed by atoms with E-state index in [1.54, 1.807) is 18.2 Å². The Morgan fingerprint density at radius 1 is 1.48 bits per heavy atom. The minimum Gasteiger partial charge on any atom is -0.381 e. The van der Waals surface area contributed by atoms with Crippen molar-refractivity contribution in [2.45, 2.75) is 12.8 Å². The van der Waals surface area contributed by atoms with E-state index in [1.165, 1.54) is 6.07 Å². The van der Waals surface area contributed by atoms with Crippen LogP contribution in [0.4, 0.5) is 17.2 Å². The molecule has 2 aromatic rings. The third-order valence-electron chi connectivity index (χ3n) is 3.00. The zero-order valence-electron chi connectivity index (χ0n) is 11.2. The fourth-order valence-corrected chi connectivity index (χ4v) is 1.97. The summed E-state index contributed by atoms with van der Waals surface area (Å²) in [5.74, 6) is 0.194. The first-order valence-corrected chi connectivity index (χ1v) is 6.33. The molecule has 1 heterocycles. The monoisotopic (exact) mass is 286 g/mol. The number of rotatable bonds is 6. The van der Waals surface area contributed by atoms with E-state index in [9.17, 15) is 10.1 Å². The zero-order valence-corrected chi connectivity index (χ0v) is 11.2. The molecule has 0 aliphatic rings. The van der Waals surface area contributed by atoms with Crippen LogP contribution in [-0.2, 0) is 6.42 Å². The number of anilines is 2. The first-order valence-electron chi connectivity index (χ1n) is 6.33. The van der Waals surface area contributed by atoms with Crippen LogP contribution in [-0.4, -0.2) is 21.7 Å². The van der Waals surface area contributed by atoms with Crippen molar-refractivity contribution in [2.75, 3.05) is 17.6 Å². The lowest BCUT2D eigenvalue weighted by Crippen LogP contribution is -2.05. The van der Waals surface area contributed by atoms with Gasteiger partial charge >= 0.3 is 0 Å². The Labute approximate surface area is 120 Å². The number of aryl methyl sites for hydroxylation is 1. The van der Waals surface area contributed by atoms with E-state index in [-0.39, 0.29) is 11.5 Å². The Morgan fingerprint density at radius 3 is 2.95 bits per heavy atom. The second kappa shape index (κ2) is 6.38. The van der Waals surface area contributed by atoms with Gasteiger partial charge in [-0.05, 0) is 18.9 Å². The van der Waals surface area contributed by atoms with Gasteiger partial charge in [0.15, 0.2) is 5.82 Å². The second-order valence-corrected chi connectivity index (χ2v) is 4.38. The van der Waals surface area contributed by atoms with Gasteiger partial charge in [0.05, 0.1) is 10.6 Å². The zero-order chi connectivity index (χ0) is 15.2. The van der Waals surface area contributed by atoms with Crippen LogP contribution in [0.2, 0.25) is 0 Å². The standard InChI is InChI=1S/C13H14N6O2/c14-8-9-10(17-18-13(9)15)5-3-7-16-11-4-1-2-6-12(11)19(20)21/h1-2,4,6,16H,3,5,7H2,(H3,15,17,18). The molecule has 0 bridgehead atoms. The Hall–Kier alpha value is -3.08. The molecular formula is C13H14N6O2. The van der Waals surface area contributed by atoms with Crippen molar-refractivity contribution >= 4 is 17.2 Å². The molecule has 0 aliphatic heterocycles. The fourth-order valence-electron chi connectivity index (χ4n) is 1.97. The van der Waals surface area contributed by atoms with E-state index < -0.39 is 4.92 Å². The number of nitrogens with two attached hydrogens (primary N) is 1. The summed E-state index contributed by atoms with van der Waals surface area (Å²) >= 11 is 0. The van der Waals surface area contributed by atoms with Gasteiger partial charge in [-0.1, -0.05) is 12.1 Å². The molecule has 8 nitrogen and oxygen atoms in total. The smallest absolute Gasteiger partial charge is 0.292 e. The molecule has 108 valence electrons. The van der Waals surface area contributed by atoms with Crippen molar-refractivity contribution in [1.82, 2.24) is 10.2 Å². The van der Waals surface area contributed by atoms with E-state index in [0.29, 0.717) is 36.3 Å². The number of nitrogens with one attached hydrogen (secondary N) is 2. The van der Waals surface area contributed by atoms with Crippen LogP contribution in [0.3, 0.4) is 0 Å². The molecule has 0 radical (unpaired) electrons. The predicted molar refractivity (Wildman–Crippen MR) is 77.6 cm³/mol. The maximum atomic E-state index is 10.9. The number of hydrogen-bond donors (Lipinski definition) is 3. The molecule has 1 aromatic heterocycles. The number of nitrogen functional groups attached to an aromatic ring is 1. The largest absolute Gasteiger partial charge is 0.381 e. The molecule has 8 heteroatoms. The SMILES string of the molecule is N#Cc1c(N)n[nH]c1CCCNc1ccccc1[N+](=O)[O-]. The number of benzene rings is 1. The first-order chi connectivity index (χ1) is 10.1. The summed E-state index contributed by atoms with van der Waals surface area (Å²) in [5, 5.41) is 29.3. The van der Waals surface area contributed by atoms with Gasteiger partial charge in [-0.2, -0.15) is 10.4 Å². The number of aromatic amines is 1. The number of nitrogens with zero attached hydrogens (tertiary/aromatic N) is 3. The number of hydrogen-bond acceptors (Lipinski definition) is 6. The lowest BCUT2D eigenvalue weighted by atomic mass is 10.1. The van der Waals surface area contributed by atoms with Gasteiger partial charge in [-0.25, -0.2) is 0 Å². The maximum absolute atomic E-state index is 10.9. The highest BCUT2D eigenvalue weighted by Gasteiger charge is 2.12. The van der Waals surface area contributed by atoms with Crippen LogP contribution in [0.25, 0.3) is 0 Å². The molecule has 4 N–H and O–H groups in total. The molecule has 2 rings (SSSR count). The van der Waals surface area contributed by atoms with Crippen LogP contribution in [0.5, 0.6) is 0 Å². The summed E-state index contributed by atoms with van der Waals surface area (Å²) in [6.45, 7) is 0.536. The molecule has 21 heavy (non-hydrogen) atoms. The summed E-state index contributed by atoms with van der Waals surface area (Å²) in [7, 11) is 0. The lowest BCUT2D eigenvalue weighted by Gasteiger charge is -2.06. The molecule has 0 unspecified atom stereocenters. The molecular weight excluding hydrogens is 272 g/mol. The molecule has 0 saturated heterocycles. The summed E-state index contributed by atoms with van der Waals surface area (Å²) < 4.78 is 0. The van der Waals surface area contributed by atoms with Crippen LogP contribution in [0, 0.1) is 21.4 Å². The predicted octanol–water partition coefficient (Wildman–Crippen LogP) is 1.82. The van der Waals surface area contributed by atoms with Gasteiger partial charge in [0.2, 0.25) is 0 Å². The van der Waals surface area contributed by atoms with Crippen molar-refractivity contribution in [2.24, 2.45) is 0 Å². The Kier molecular flexibility index (Phi) is 4.36. The van der Waals surface area contributed by atoms with Gasteiger partial charge < -0.3 is 11.1 Å². The fraction of sp³-hybridized carbons (Fsp3) is 0.231. The summed E-state index contributed by atoms with van der Waals surface area (Å²) in [5.41, 5.74) is 7.11. The highest BCUT2D eigenvalue weighted by atomic mass is 16.6. The van der Waals surface area contributed by atoms with Crippen molar-refractivity contribution in [3.05, 3.63) is 45.6 Å². The van der Waals surface area contributed by atoms with Crippen molar-refractivity contribution in [3.63, 3.8) is 0 Å². The highest BCUT2D eigenvalue weighted by molar-refractivity contribution is 5.61. The van der Waals surface area contributed by atoms with Gasteiger partial charge in [-0.3, -0.25) is 15.2 Å². The second-order valence-electron chi connectivity index (χ2n) is 4.38. The van der Waals surface area contributed by atoms with Gasteiger partial charge in [0.1, 0.15) is 17.3 Å². The van der Waals surface area contributed by atoms with E-state index >= 15 is 0 Å². The highest BCUT2D eigenvalue weighted by Crippen LogP contribution is 2.23. The minimum atomic E-state index is -0.425. The summed E-state index contributed by atoms with van der Waals surface area (Å²) in [6, 6.07) is 8.46. The third-order valence-corrected chi connectivity index (χ3v) is 3.00. The van der Waals surface area contributed by atoms with Crippen LogP contribution in [0.1, 0.15) is 17.7 Å². The van der Waals surface area contributed by atoms with Gasteiger partial charge in [0.25, 0.3) is 5.69 Å². The van der Waals surface area contributed by atoms with Crippen LogP contribution < -0.4 is 11.1 Å². The number of para-hydroxylation sites is 2. The molecule has 0 spiro atoms. The van der Waals surface area contributed by atoms with E-state index in [4.69, 9.17) is 11.0 Å². The molecule has 0 saturated carbocycles. The number of H-pyrrole nitrogens is 1. The quantitative estimate of drug-likeness (QED) is 0.421. The normalized spacial score (nSPS) is 10.0. The number of nitriles is 1. The van der Waals surface area contributed by atoms with Crippen molar-refractivity contribution in [3.8, 4) is 6.07 Å². The number of nitro groups is 1. The number of aromatic nitrogens is 2. The summed E-state index contributed by atoms with van der Waals surface area (Å²) in [6.07, 6.45) is 1.27. The van der Waals surface area contributed by atoms with Crippen molar-refractivity contribution in [1.29, 1.82) is 5.26 Å². The third kappa shape index (κ3) is 3.27. The van der Waals surface area contributed by atoms with E-state index in [0.717, 1.165) is 0 Å². The van der Waals surface area contributed by atoms with Gasteiger partial charge in [-0.15, -0.1) is 0 Å². The number of nitro benzene ring substituents is 1. The molecule has 0 aliphatic carbocycles. The van der Waals surface area contributed by atoms with Gasteiger partial charge in [0, 0.05) is 12.6 Å². The Bertz CT molecular complexity index is 688. The molecule has 1 aromatic carbocycles. The molecule has 0 fully saturated rings. The molecule has 0 amide bonds. The Balaban J connectivity index is 1.91. The van der Waals surface area contributed by atoms with E-state index in [1.807, 2.05) is 6.07 Å². The van der Waals surface area contributed by atoms with E-state index in [2.05, 4.69) is 15.5 Å². The lowest BCUT2D eigenvalue weighted by molar-refractivity contribution is -0.384. The first kappa shape index (κ1) is 14.3.